The van der Waals surface area contributed by atoms with Crippen LogP contribution in [0.3, 0.4) is 0 Å². The molecule has 6 aromatic rings. The van der Waals surface area contributed by atoms with Gasteiger partial charge in [0.2, 0.25) is 0 Å². The van der Waals surface area contributed by atoms with Crippen LogP contribution in [0, 0.1) is 69.8 Å². The fourth-order valence-electron chi connectivity index (χ4n) is 8.87. The van der Waals surface area contributed by atoms with E-state index in [1.54, 1.807) is 0 Å². The molecular formula is C54H36F12InN9. The fraction of sp³-hybridized carbons (Fsp3) is 0.0556. The van der Waals surface area contributed by atoms with E-state index in [1.165, 1.54) is 136 Å². The summed E-state index contributed by atoms with van der Waals surface area (Å²) in [6.45, 7) is 9.41. The Balaban J connectivity index is 1.39. The van der Waals surface area contributed by atoms with Crippen molar-refractivity contribution in [1.82, 2.24) is 7.66 Å². The summed E-state index contributed by atoms with van der Waals surface area (Å²) in [6, 6.07) is 7.98. The molecule has 3 N–H and O–H groups in total. The van der Waals surface area contributed by atoms with Crippen LogP contribution in [0.5, 0.6) is 0 Å². The number of aromatic nitrogens is 3. The van der Waals surface area contributed by atoms with E-state index in [1.807, 2.05) is 0 Å². The molecule has 3 aliphatic rings. The zero-order chi connectivity index (χ0) is 54.1. The second-order valence-corrected chi connectivity index (χ2v) is 23.2. The third-order valence-electron chi connectivity index (χ3n) is 12.1. The van der Waals surface area contributed by atoms with Crippen molar-refractivity contribution in [2.75, 3.05) is 35.6 Å². The van der Waals surface area contributed by atoms with Crippen molar-refractivity contribution in [2.45, 2.75) is 0 Å². The first-order chi connectivity index (χ1) is 36.7. The van der Waals surface area contributed by atoms with Gasteiger partial charge < -0.3 is 0 Å². The molecule has 76 heavy (non-hydrogen) atoms. The SMILES string of the molecule is C=CCNc1c(F)c(F)c(/C(=C2\C=CC=N2)c2ccc[n]2[In]([n]2cccc2/C(=C2/C=CC=N2)c2c(F)c(F)c(NCC=C)c(F)c2F)[n]2cccc2/C(=C2/C=CC=N2)c2c(F)c(F)c(NCC=C)c(F)c2F)c(F)c1F. The van der Waals surface area contributed by atoms with Gasteiger partial charge in [-0.3, -0.25) is 0 Å². The second kappa shape index (κ2) is 21.8. The van der Waals surface area contributed by atoms with Gasteiger partial charge in [-0.15, -0.1) is 0 Å². The molecule has 0 amide bonds. The van der Waals surface area contributed by atoms with Crippen molar-refractivity contribution in [3.63, 3.8) is 0 Å². The van der Waals surface area contributed by atoms with Gasteiger partial charge in [-0.2, -0.15) is 0 Å². The van der Waals surface area contributed by atoms with Crippen LogP contribution in [0.4, 0.5) is 69.7 Å². The van der Waals surface area contributed by atoms with E-state index in [0.717, 1.165) is 0 Å². The summed E-state index contributed by atoms with van der Waals surface area (Å²) in [5, 5.41) is 6.74. The van der Waals surface area contributed by atoms with E-state index in [2.05, 4.69) is 50.7 Å². The summed E-state index contributed by atoms with van der Waals surface area (Å²) in [4.78, 5) is 12.7. The maximum atomic E-state index is 16.7. The van der Waals surface area contributed by atoms with Crippen molar-refractivity contribution in [3.05, 3.63) is 250 Å². The van der Waals surface area contributed by atoms with Crippen LogP contribution in [0.25, 0.3) is 16.7 Å². The molecule has 0 radical (unpaired) electrons. The van der Waals surface area contributed by atoms with Gasteiger partial charge in [0, 0.05) is 0 Å². The van der Waals surface area contributed by atoms with Crippen molar-refractivity contribution < 1.29 is 52.7 Å². The van der Waals surface area contributed by atoms with Gasteiger partial charge in [0.25, 0.3) is 0 Å². The quantitative estimate of drug-likeness (QED) is 0.0455. The number of hydrogen-bond acceptors (Lipinski definition) is 6. The molecule has 9 nitrogen and oxygen atoms in total. The molecule has 0 atom stereocenters. The van der Waals surface area contributed by atoms with Crippen LogP contribution in [0.1, 0.15) is 33.8 Å². The normalized spacial score (nSPS) is 15.3. The number of benzene rings is 3. The van der Waals surface area contributed by atoms with Gasteiger partial charge >= 0.3 is 436 Å². The molecule has 0 saturated carbocycles. The molecule has 0 fully saturated rings. The molecule has 3 aromatic heterocycles. The summed E-state index contributed by atoms with van der Waals surface area (Å²) in [6.07, 6.45) is 19.2. The van der Waals surface area contributed by atoms with E-state index in [0.29, 0.717) is 0 Å². The van der Waals surface area contributed by atoms with Crippen molar-refractivity contribution >= 4 is 74.7 Å². The minimum atomic E-state index is -5.33. The Morgan fingerprint density at radius 2 is 0.658 bits per heavy atom. The first-order valence-electron chi connectivity index (χ1n) is 22.7. The van der Waals surface area contributed by atoms with E-state index in [-0.39, 0.29) is 53.8 Å². The summed E-state index contributed by atoms with van der Waals surface area (Å²) >= 11 is -5.33. The third kappa shape index (κ3) is 8.98. The Morgan fingerprint density at radius 1 is 0.408 bits per heavy atom. The maximum absolute atomic E-state index is 16.7. The van der Waals surface area contributed by atoms with E-state index in [4.69, 9.17) is 0 Å². The molecule has 3 aromatic carbocycles. The molecule has 0 aliphatic carbocycles. The monoisotopic (exact) mass is 1150 g/mol. The van der Waals surface area contributed by atoms with Crippen LogP contribution in [-0.4, -0.2) is 68.2 Å². The predicted molar refractivity (Wildman–Crippen MR) is 271 cm³/mol. The molecule has 0 spiro atoms. The molecular weight excluding hydrogens is 1120 g/mol. The topological polar surface area (TPSA) is 88.0 Å². The Kier molecular flexibility index (Phi) is 15.1. The molecule has 0 unspecified atom stereocenters. The fourth-order valence-corrected chi connectivity index (χ4v) is 17.3. The standard InChI is InChI=1S/3C18H12F4N3.In/c3*1-2-7-25-18-16(21)14(19)13(15(20)17(18)22)12(10-5-3-8-23-10)11-6-4-9-24-11;/h3*2-6,8-9,25H,1,7H2;/q3*-1;+3/b3*12-10+;. The molecule has 3 aliphatic heterocycles. The van der Waals surface area contributed by atoms with Crippen LogP contribution in [-0.2, 0) is 0 Å². The number of aliphatic imine (C=N–C) groups is 3. The van der Waals surface area contributed by atoms with Crippen LogP contribution in [0.2, 0.25) is 0 Å². The predicted octanol–water partition coefficient (Wildman–Crippen LogP) is 12.7. The number of rotatable bonds is 18. The van der Waals surface area contributed by atoms with Crippen LogP contribution >= 0.6 is 0 Å². The summed E-state index contributed by atoms with van der Waals surface area (Å²) in [5.41, 5.74) is -10.3. The summed E-state index contributed by atoms with van der Waals surface area (Å²) in [5.74, 6) is -22.2. The number of nitrogens with one attached hydrogen (secondary N) is 3. The molecule has 384 valence electrons. The first kappa shape index (κ1) is 52.5. The average Bonchev–Trinajstić information content (AvgIpc) is 4.36. The molecule has 0 saturated heterocycles. The molecule has 22 heteroatoms. The average molecular weight is 1150 g/mol. The number of hydrogen-bond donors (Lipinski definition) is 3. The second-order valence-electron chi connectivity index (χ2n) is 16.5. The number of nitrogens with zero attached hydrogens (tertiary/aromatic N) is 6. The number of halogens is 12. The molecule has 0 bridgehead atoms. The Bertz CT molecular complexity index is 3210. The molecule has 6 heterocycles. The van der Waals surface area contributed by atoms with Gasteiger partial charge in [-0.25, -0.2) is 0 Å². The van der Waals surface area contributed by atoms with Gasteiger partial charge in [-0.05, 0) is 0 Å². The van der Waals surface area contributed by atoms with Crippen molar-refractivity contribution in [1.29, 1.82) is 0 Å². The minimum absolute atomic E-state index is 0.234. The zero-order valence-corrected chi connectivity index (χ0v) is 42.5. The first-order valence-corrected chi connectivity index (χ1v) is 27.1. The van der Waals surface area contributed by atoms with Crippen LogP contribution in [0.15, 0.2) is 161 Å². The van der Waals surface area contributed by atoms with E-state index in [9.17, 15) is 0 Å². The third-order valence-corrected chi connectivity index (χ3v) is 20.2. The van der Waals surface area contributed by atoms with Gasteiger partial charge in [0.1, 0.15) is 0 Å². The van der Waals surface area contributed by atoms with Crippen molar-refractivity contribution in [3.8, 4) is 0 Å². The van der Waals surface area contributed by atoms with E-state index >= 15 is 52.7 Å². The zero-order valence-electron chi connectivity index (χ0n) is 39.2. The number of anilines is 3. The summed E-state index contributed by atoms with van der Waals surface area (Å²) in [7, 11) is 0. The van der Waals surface area contributed by atoms with Gasteiger partial charge in [0.15, 0.2) is 0 Å². The Hall–Kier alpha value is -8.40. The van der Waals surface area contributed by atoms with Gasteiger partial charge in [-0.1, -0.05) is 0 Å². The van der Waals surface area contributed by atoms with Gasteiger partial charge in [0.05, 0.1) is 0 Å². The Labute approximate surface area is 433 Å². The van der Waals surface area contributed by atoms with Crippen LogP contribution < -0.4 is 16.0 Å². The van der Waals surface area contributed by atoms with Crippen molar-refractivity contribution in [2.24, 2.45) is 15.0 Å². The van der Waals surface area contributed by atoms with E-state index < -0.39 is 143 Å². The number of allylic oxidation sites excluding steroid dienone is 6. The summed E-state index contributed by atoms with van der Waals surface area (Å²) < 4.78 is 201. The Morgan fingerprint density at radius 3 is 0.868 bits per heavy atom. The molecule has 9 rings (SSSR count).